The minimum Gasteiger partial charge on any atom is -0.350 e. The largest absolute Gasteiger partial charge is 0.350 e. The van der Waals surface area contributed by atoms with E-state index in [0.717, 1.165) is 31.5 Å². The average molecular weight is 347 g/mol. The SMILES string of the molecule is CS(=O)(=O)c1cnc(NCc2ccncc2)nc1[C@H]1CCCNC1. The summed E-state index contributed by atoms with van der Waals surface area (Å²) in [6.45, 7) is 2.26. The van der Waals surface area contributed by atoms with E-state index in [2.05, 4.69) is 25.6 Å². The molecular formula is C16H21N5O2S. The Labute approximate surface area is 141 Å². The van der Waals surface area contributed by atoms with Crippen LogP contribution in [0.5, 0.6) is 0 Å². The summed E-state index contributed by atoms with van der Waals surface area (Å²) >= 11 is 0. The smallest absolute Gasteiger partial charge is 0.223 e. The van der Waals surface area contributed by atoms with E-state index in [0.29, 0.717) is 18.2 Å². The maximum atomic E-state index is 12.1. The Morgan fingerprint density at radius 2 is 2.12 bits per heavy atom. The molecule has 0 saturated carbocycles. The fourth-order valence-electron chi connectivity index (χ4n) is 2.81. The molecule has 2 aromatic heterocycles. The fourth-order valence-corrected chi connectivity index (χ4v) is 3.65. The Morgan fingerprint density at radius 3 is 2.79 bits per heavy atom. The van der Waals surface area contributed by atoms with Gasteiger partial charge in [0.15, 0.2) is 9.84 Å². The number of hydrogen-bond acceptors (Lipinski definition) is 7. The molecule has 2 aromatic rings. The number of rotatable bonds is 5. The van der Waals surface area contributed by atoms with E-state index in [9.17, 15) is 8.42 Å². The van der Waals surface area contributed by atoms with Crippen molar-refractivity contribution in [2.45, 2.75) is 30.2 Å². The van der Waals surface area contributed by atoms with Gasteiger partial charge in [0.1, 0.15) is 4.90 Å². The van der Waals surface area contributed by atoms with Crippen LogP contribution in [-0.4, -0.2) is 42.7 Å². The van der Waals surface area contributed by atoms with Gasteiger partial charge in [-0.25, -0.2) is 18.4 Å². The molecule has 1 atom stereocenters. The summed E-state index contributed by atoms with van der Waals surface area (Å²) in [5.74, 6) is 0.535. The van der Waals surface area contributed by atoms with Gasteiger partial charge >= 0.3 is 0 Å². The van der Waals surface area contributed by atoms with Crippen molar-refractivity contribution in [1.82, 2.24) is 20.3 Å². The highest BCUT2D eigenvalue weighted by Gasteiger charge is 2.25. The van der Waals surface area contributed by atoms with Crippen LogP contribution >= 0.6 is 0 Å². The molecule has 1 saturated heterocycles. The highest BCUT2D eigenvalue weighted by Crippen LogP contribution is 2.27. The zero-order valence-electron chi connectivity index (χ0n) is 13.6. The maximum Gasteiger partial charge on any atom is 0.223 e. The van der Waals surface area contributed by atoms with E-state index in [-0.39, 0.29) is 10.8 Å². The quantitative estimate of drug-likeness (QED) is 0.843. The second kappa shape index (κ2) is 7.23. The molecule has 1 aliphatic heterocycles. The van der Waals surface area contributed by atoms with Gasteiger partial charge in [-0.3, -0.25) is 4.98 Å². The fraction of sp³-hybridized carbons (Fsp3) is 0.438. The molecule has 0 spiro atoms. The van der Waals surface area contributed by atoms with Crippen molar-refractivity contribution in [3.8, 4) is 0 Å². The van der Waals surface area contributed by atoms with Gasteiger partial charge in [0.25, 0.3) is 0 Å². The second-order valence-corrected chi connectivity index (χ2v) is 7.95. The highest BCUT2D eigenvalue weighted by atomic mass is 32.2. The molecular weight excluding hydrogens is 326 g/mol. The number of nitrogens with zero attached hydrogens (tertiary/aromatic N) is 3. The lowest BCUT2D eigenvalue weighted by molar-refractivity contribution is 0.448. The Bertz CT molecular complexity index is 789. The molecule has 0 aromatic carbocycles. The van der Waals surface area contributed by atoms with Crippen LogP contribution in [0.25, 0.3) is 0 Å². The van der Waals surface area contributed by atoms with Crippen molar-refractivity contribution in [3.63, 3.8) is 0 Å². The molecule has 3 rings (SSSR count). The van der Waals surface area contributed by atoms with Crippen LogP contribution < -0.4 is 10.6 Å². The first-order chi connectivity index (χ1) is 11.5. The van der Waals surface area contributed by atoms with Gasteiger partial charge in [0.2, 0.25) is 5.95 Å². The van der Waals surface area contributed by atoms with E-state index < -0.39 is 9.84 Å². The van der Waals surface area contributed by atoms with Gasteiger partial charge in [0, 0.05) is 37.7 Å². The molecule has 1 fully saturated rings. The first-order valence-electron chi connectivity index (χ1n) is 7.94. The normalized spacial score (nSPS) is 18.3. The molecule has 1 aliphatic rings. The molecule has 24 heavy (non-hydrogen) atoms. The summed E-state index contributed by atoms with van der Waals surface area (Å²) in [6.07, 6.45) is 8.01. The van der Waals surface area contributed by atoms with Crippen molar-refractivity contribution >= 4 is 15.8 Å². The summed E-state index contributed by atoms with van der Waals surface area (Å²) in [5, 5.41) is 6.46. The number of hydrogen-bond donors (Lipinski definition) is 2. The van der Waals surface area contributed by atoms with Crippen LogP contribution in [0, 0.1) is 0 Å². The van der Waals surface area contributed by atoms with Gasteiger partial charge in [0.05, 0.1) is 11.9 Å². The van der Waals surface area contributed by atoms with E-state index in [4.69, 9.17) is 0 Å². The minimum atomic E-state index is -3.36. The zero-order chi connectivity index (χ0) is 17.0. The van der Waals surface area contributed by atoms with Crippen molar-refractivity contribution in [2.24, 2.45) is 0 Å². The molecule has 2 N–H and O–H groups in total. The molecule has 0 unspecified atom stereocenters. The van der Waals surface area contributed by atoms with Crippen LogP contribution in [0.4, 0.5) is 5.95 Å². The molecule has 0 aliphatic carbocycles. The van der Waals surface area contributed by atoms with Crippen molar-refractivity contribution < 1.29 is 8.42 Å². The number of piperidine rings is 1. The van der Waals surface area contributed by atoms with E-state index >= 15 is 0 Å². The predicted octanol–water partition coefficient (Wildman–Crippen LogP) is 1.35. The summed E-state index contributed by atoms with van der Waals surface area (Å²) in [4.78, 5) is 12.9. The van der Waals surface area contributed by atoms with E-state index in [1.807, 2.05) is 12.1 Å². The van der Waals surface area contributed by atoms with Crippen molar-refractivity contribution in [2.75, 3.05) is 24.7 Å². The Hall–Kier alpha value is -2.06. The number of aromatic nitrogens is 3. The molecule has 8 heteroatoms. The third kappa shape index (κ3) is 4.07. The molecule has 0 bridgehead atoms. The molecule has 7 nitrogen and oxygen atoms in total. The number of pyridine rings is 1. The summed E-state index contributed by atoms with van der Waals surface area (Å²) in [5.41, 5.74) is 1.67. The minimum absolute atomic E-state index is 0.0907. The van der Waals surface area contributed by atoms with Crippen LogP contribution in [0.3, 0.4) is 0 Å². The predicted molar refractivity (Wildman–Crippen MR) is 91.6 cm³/mol. The zero-order valence-corrected chi connectivity index (χ0v) is 14.4. The third-order valence-corrected chi connectivity index (χ3v) is 5.18. The van der Waals surface area contributed by atoms with Crippen LogP contribution in [0.2, 0.25) is 0 Å². The first-order valence-corrected chi connectivity index (χ1v) is 9.83. The monoisotopic (exact) mass is 347 g/mol. The average Bonchev–Trinajstić information content (AvgIpc) is 2.60. The van der Waals surface area contributed by atoms with Crippen molar-refractivity contribution in [3.05, 3.63) is 42.0 Å². The lowest BCUT2D eigenvalue weighted by Gasteiger charge is -2.24. The Morgan fingerprint density at radius 1 is 1.33 bits per heavy atom. The van der Waals surface area contributed by atoms with Gasteiger partial charge in [-0.2, -0.15) is 0 Å². The second-order valence-electron chi connectivity index (χ2n) is 5.97. The van der Waals surface area contributed by atoms with Crippen molar-refractivity contribution in [1.29, 1.82) is 0 Å². The molecule has 0 radical (unpaired) electrons. The van der Waals surface area contributed by atoms with Gasteiger partial charge in [-0.05, 0) is 37.1 Å². The van der Waals surface area contributed by atoms with Crippen LogP contribution in [0.1, 0.15) is 30.0 Å². The Kier molecular flexibility index (Phi) is 5.06. The lowest BCUT2D eigenvalue weighted by Crippen LogP contribution is -2.30. The standard InChI is InChI=1S/C16H21N5O2S/c1-24(22,23)14-11-20-16(19-9-12-4-7-17-8-5-12)21-15(14)13-3-2-6-18-10-13/h4-5,7-8,11,13,18H,2-3,6,9-10H2,1H3,(H,19,20,21)/t13-/m0/s1. The third-order valence-electron chi connectivity index (χ3n) is 4.07. The van der Waals surface area contributed by atoms with Gasteiger partial charge < -0.3 is 10.6 Å². The number of nitrogens with one attached hydrogen (secondary N) is 2. The number of sulfone groups is 1. The van der Waals surface area contributed by atoms with Gasteiger partial charge in [-0.15, -0.1) is 0 Å². The van der Waals surface area contributed by atoms with Crippen LogP contribution in [0.15, 0.2) is 35.6 Å². The van der Waals surface area contributed by atoms with Gasteiger partial charge in [-0.1, -0.05) is 0 Å². The summed E-state index contributed by atoms with van der Waals surface area (Å²) in [7, 11) is -3.36. The maximum absolute atomic E-state index is 12.1. The summed E-state index contributed by atoms with van der Waals surface area (Å²) in [6, 6.07) is 3.81. The summed E-state index contributed by atoms with van der Waals surface area (Å²) < 4.78 is 24.1. The van der Waals surface area contributed by atoms with E-state index in [1.54, 1.807) is 12.4 Å². The van der Waals surface area contributed by atoms with Crippen LogP contribution in [-0.2, 0) is 16.4 Å². The molecule has 128 valence electrons. The molecule has 0 amide bonds. The topological polar surface area (TPSA) is 96.9 Å². The molecule has 3 heterocycles. The highest BCUT2D eigenvalue weighted by molar-refractivity contribution is 7.90. The van der Waals surface area contributed by atoms with E-state index in [1.165, 1.54) is 12.5 Å². The Balaban J connectivity index is 1.86. The number of anilines is 1. The lowest BCUT2D eigenvalue weighted by atomic mass is 9.96. The first kappa shape index (κ1) is 16.8.